The molecule has 270 valence electrons. The Labute approximate surface area is 338 Å². The van der Waals surface area contributed by atoms with Gasteiger partial charge < -0.3 is 8.98 Å². The van der Waals surface area contributed by atoms with Gasteiger partial charge in [0.1, 0.15) is 11.2 Å². The number of hydrogen-bond acceptors (Lipinski definition) is 2. The van der Waals surface area contributed by atoms with Crippen molar-refractivity contribution in [3.63, 3.8) is 0 Å². The van der Waals surface area contributed by atoms with Crippen molar-refractivity contribution < 1.29 is 4.42 Å². The number of aromatic nitrogens is 1. The lowest BCUT2D eigenvalue weighted by molar-refractivity contribution is 0.673. The fraction of sp³-hybridized carbons (Fsp3) is 0.0182. The second kappa shape index (κ2) is 11.9. The van der Waals surface area contributed by atoms with Gasteiger partial charge in [-0.05, 0) is 80.9 Å². The molecule has 3 heteroatoms. The quantitative estimate of drug-likeness (QED) is 0.175. The minimum Gasteiger partial charge on any atom is -0.455 e. The Morgan fingerprint density at radius 2 is 1.07 bits per heavy atom. The molecule has 12 aromatic rings. The van der Waals surface area contributed by atoms with E-state index in [9.17, 15) is 0 Å². The largest absolute Gasteiger partial charge is 0.455 e. The lowest BCUT2D eigenvalue weighted by Gasteiger charge is -2.34. The Bertz CT molecular complexity index is 3570. The third-order valence-electron chi connectivity index (χ3n) is 12.7. The molecule has 0 fully saturated rings. The molecule has 3 aromatic heterocycles. The monoisotopic (exact) mass is 755 g/mol. The second-order valence-electron chi connectivity index (χ2n) is 15.5. The zero-order chi connectivity index (χ0) is 38.0. The van der Waals surface area contributed by atoms with Gasteiger partial charge in [0.2, 0.25) is 0 Å². The minimum atomic E-state index is -0.439. The van der Waals surface area contributed by atoms with Gasteiger partial charge in [-0.1, -0.05) is 164 Å². The number of rotatable bonds is 4. The highest BCUT2D eigenvalue weighted by Gasteiger charge is 2.46. The summed E-state index contributed by atoms with van der Waals surface area (Å²) in [7, 11) is 0. The maximum Gasteiger partial charge on any atom is 0.145 e. The van der Waals surface area contributed by atoms with Crippen LogP contribution in [0.25, 0.3) is 91.9 Å². The number of fused-ring (bicyclic) bond motifs is 15. The Morgan fingerprint density at radius 1 is 0.448 bits per heavy atom. The van der Waals surface area contributed by atoms with Crippen molar-refractivity contribution in [2.45, 2.75) is 5.41 Å². The summed E-state index contributed by atoms with van der Waals surface area (Å²) in [4.78, 5) is 0. The van der Waals surface area contributed by atoms with Crippen LogP contribution in [0.1, 0.15) is 22.3 Å². The van der Waals surface area contributed by atoms with Gasteiger partial charge >= 0.3 is 0 Å². The van der Waals surface area contributed by atoms with E-state index in [-0.39, 0.29) is 0 Å². The molecule has 0 amide bonds. The molecule has 9 aromatic carbocycles. The minimum absolute atomic E-state index is 0.439. The van der Waals surface area contributed by atoms with E-state index in [2.05, 4.69) is 205 Å². The molecule has 0 saturated carbocycles. The van der Waals surface area contributed by atoms with Crippen LogP contribution >= 0.6 is 11.3 Å². The summed E-state index contributed by atoms with van der Waals surface area (Å²) in [5.74, 6) is 0. The predicted molar refractivity (Wildman–Crippen MR) is 244 cm³/mol. The number of para-hydroxylation sites is 2. The van der Waals surface area contributed by atoms with Crippen molar-refractivity contribution in [1.82, 2.24) is 4.57 Å². The van der Waals surface area contributed by atoms with Crippen molar-refractivity contribution in [3.05, 3.63) is 222 Å². The SMILES string of the molecule is c1ccc(C2(c3ccccc3)c3ccccc3-c3ccc(-c4ccc(-n5c6ccccc6c6c7c8ccccc8oc7c7c8ccccc8sc7c65)cc4)cc32)cc1. The van der Waals surface area contributed by atoms with E-state index in [4.69, 9.17) is 4.42 Å². The standard InChI is InChI=1S/C55H33NOS/c1-3-15-36(16-4-1)55(37-17-5-2-6-18-37)44-23-11-7-19-39(44)40-32-29-35(33-45(40)55)34-27-30-38(31-28-34)56-46-24-12-8-20-41(46)49-50-42-21-9-13-25-47(42)57-53(50)51-43-22-10-14-26-48(43)58-54(51)52(49)56/h1-33H. The summed E-state index contributed by atoms with van der Waals surface area (Å²) in [6, 6.07) is 73.5. The average Bonchev–Trinajstić information content (AvgIpc) is 4.04. The van der Waals surface area contributed by atoms with Crippen LogP contribution in [0.4, 0.5) is 0 Å². The molecule has 2 nitrogen and oxygen atoms in total. The highest BCUT2D eigenvalue weighted by molar-refractivity contribution is 7.27. The van der Waals surface area contributed by atoms with E-state index in [0.717, 1.165) is 22.2 Å². The molecule has 0 spiro atoms. The summed E-state index contributed by atoms with van der Waals surface area (Å²) in [6.45, 7) is 0. The number of benzene rings is 9. The van der Waals surface area contributed by atoms with Crippen molar-refractivity contribution >= 4 is 75.3 Å². The van der Waals surface area contributed by atoms with Gasteiger partial charge in [-0.2, -0.15) is 0 Å². The third-order valence-corrected chi connectivity index (χ3v) is 13.9. The first kappa shape index (κ1) is 31.9. The van der Waals surface area contributed by atoms with Gasteiger partial charge in [0.05, 0.1) is 21.1 Å². The molecule has 1 aliphatic carbocycles. The lowest BCUT2D eigenvalue weighted by atomic mass is 9.67. The third kappa shape index (κ3) is 4.16. The van der Waals surface area contributed by atoms with Gasteiger partial charge in [-0.25, -0.2) is 0 Å². The maximum atomic E-state index is 6.79. The molecule has 0 saturated heterocycles. The molecule has 0 bridgehead atoms. The number of nitrogens with zero attached hydrogens (tertiary/aromatic N) is 1. The summed E-state index contributed by atoms with van der Waals surface area (Å²) in [6.07, 6.45) is 0. The molecule has 0 atom stereocenters. The molecular formula is C55H33NOS. The zero-order valence-electron chi connectivity index (χ0n) is 31.3. The molecule has 0 aliphatic heterocycles. The van der Waals surface area contributed by atoms with Crippen LogP contribution in [0, 0.1) is 0 Å². The fourth-order valence-electron chi connectivity index (χ4n) is 10.3. The smallest absolute Gasteiger partial charge is 0.145 e. The molecule has 0 radical (unpaired) electrons. The van der Waals surface area contributed by atoms with E-state index in [1.807, 2.05) is 11.3 Å². The molecule has 1 aliphatic rings. The first-order chi connectivity index (χ1) is 28.8. The maximum absolute atomic E-state index is 6.79. The predicted octanol–water partition coefficient (Wildman–Crippen LogP) is 15.1. The Balaban J connectivity index is 1.05. The van der Waals surface area contributed by atoms with Crippen LogP contribution in [-0.2, 0) is 5.41 Å². The van der Waals surface area contributed by atoms with Gasteiger partial charge in [0, 0.05) is 42.7 Å². The van der Waals surface area contributed by atoms with Crippen molar-refractivity contribution in [1.29, 1.82) is 0 Å². The first-order valence-corrected chi connectivity index (χ1v) is 20.7. The van der Waals surface area contributed by atoms with Crippen LogP contribution in [0.3, 0.4) is 0 Å². The van der Waals surface area contributed by atoms with Crippen molar-refractivity contribution in [2.24, 2.45) is 0 Å². The summed E-state index contributed by atoms with van der Waals surface area (Å²) in [5.41, 5.74) is 15.2. The van der Waals surface area contributed by atoms with Crippen LogP contribution in [-0.4, -0.2) is 4.57 Å². The first-order valence-electron chi connectivity index (χ1n) is 19.9. The van der Waals surface area contributed by atoms with E-state index in [0.29, 0.717) is 0 Å². The zero-order valence-corrected chi connectivity index (χ0v) is 32.1. The van der Waals surface area contributed by atoms with Crippen LogP contribution in [0.2, 0.25) is 0 Å². The van der Waals surface area contributed by atoms with Crippen molar-refractivity contribution in [3.8, 4) is 27.9 Å². The molecular weight excluding hydrogens is 723 g/mol. The molecule has 0 N–H and O–H groups in total. The van der Waals surface area contributed by atoms with E-state index < -0.39 is 5.41 Å². The van der Waals surface area contributed by atoms with E-state index in [1.54, 1.807) is 0 Å². The number of furan rings is 1. The molecule has 0 unspecified atom stereocenters. The molecule has 13 rings (SSSR count). The Morgan fingerprint density at radius 3 is 1.86 bits per heavy atom. The van der Waals surface area contributed by atoms with Crippen LogP contribution < -0.4 is 0 Å². The van der Waals surface area contributed by atoms with Crippen LogP contribution in [0.5, 0.6) is 0 Å². The Hall–Kier alpha value is -7.20. The highest BCUT2D eigenvalue weighted by Crippen LogP contribution is 2.57. The summed E-state index contributed by atoms with van der Waals surface area (Å²) in [5, 5.41) is 7.25. The van der Waals surface area contributed by atoms with Gasteiger partial charge in [-0.3, -0.25) is 0 Å². The topological polar surface area (TPSA) is 18.1 Å². The van der Waals surface area contributed by atoms with Gasteiger partial charge in [0.25, 0.3) is 0 Å². The normalized spacial score (nSPS) is 13.3. The Kier molecular flexibility index (Phi) is 6.56. The second-order valence-corrected chi connectivity index (χ2v) is 16.6. The van der Waals surface area contributed by atoms with E-state index in [1.165, 1.54) is 91.9 Å². The number of thiophene rings is 1. The lowest BCUT2D eigenvalue weighted by Crippen LogP contribution is -2.28. The average molecular weight is 756 g/mol. The summed E-state index contributed by atoms with van der Waals surface area (Å²) >= 11 is 1.86. The molecule has 3 heterocycles. The summed E-state index contributed by atoms with van der Waals surface area (Å²) < 4.78 is 11.8. The van der Waals surface area contributed by atoms with Crippen LogP contribution in [0.15, 0.2) is 205 Å². The van der Waals surface area contributed by atoms with Crippen molar-refractivity contribution in [2.75, 3.05) is 0 Å². The van der Waals surface area contributed by atoms with Gasteiger partial charge in [0.15, 0.2) is 0 Å². The number of hydrogen-bond donors (Lipinski definition) is 0. The molecule has 58 heavy (non-hydrogen) atoms. The van der Waals surface area contributed by atoms with Gasteiger partial charge in [-0.15, -0.1) is 11.3 Å². The highest BCUT2D eigenvalue weighted by atomic mass is 32.1. The van der Waals surface area contributed by atoms with E-state index >= 15 is 0 Å². The fourth-order valence-corrected chi connectivity index (χ4v) is 11.6.